The zero-order chi connectivity index (χ0) is 17.6. The van der Waals surface area contributed by atoms with Crippen LogP contribution in [0.3, 0.4) is 0 Å². The van der Waals surface area contributed by atoms with Gasteiger partial charge in [-0.15, -0.1) is 0 Å². The molecular formula is C16H12ClF2N5O. The largest absolute Gasteiger partial charge is 0.485 e. The molecule has 3 N–H and O–H groups in total. The summed E-state index contributed by atoms with van der Waals surface area (Å²) in [5.41, 5.74) is 6.48. The molecule has 25 heavy (non-hydrogen) atoms. The molecule has 4 rings (SSSR count). The average molecular weight is 364 g/mol. The number of ether oxygens (including phenoxy) is 1. The fourth-order valence-electron chi connectivity index (χ4n) is 2.59. The van der Waals surface area contributed by atoms with E-state index < -0.39 is 16.7 Å². The molecule has 0 unspecified atom stereocenters. The van der Waals surface area contributed by atoms with Gasteiger partial charge in [-0.05, 0) is 12.1 Å². The van der Waals surface area contributed by atoms with E-state index in [2.05, 4.69) is 20.3 Å². The van der Waals surface area contributed by atoms with Gasteiger partial charge in [0.2, 0.25) is 0 Å². The van der Waals surface area contributed by atoms with Crippen LogP contribution in [0.4, 0.5) is 14.6 Å². The molecule has 0 saturated carbocycles. The Balaban J connectivity index is 1.93. The number of nitrogen functional groups attached to an aromatic ring is 1. The van der Waals surface area contributed by atoms with Gasteiger partial charge in [-0.25, -0.2) is 23.7 Å². The number of fused-ring (bicyclic) bond motifs is 1. The van der Waals surface area contributed by atoms with Gasteiger partial charge in [-0.2, -0.15) is 0 Å². The minimum Gasteiger partial charge on any atom is -0.485 e. The van der Waals surface area contributed by atoms with Crippen LogP contribution in [0, 0.1) is 11.6 Å². The number of halogens is 3. The third-order valence-corrected chi connectivity index (χ3v) is 4.33. The third kappa shape index (κ3) is 2.63. The monoisotopic (exact) mass is 363 g/mol. The molecule has 0 spiro atoms. The molecule has 1 aliphatic heterocycles. The van der Waals surface area contributed by atoms with Gasteiger partial charge in [0.25, 0.3) is 0 Å². The van der Waals surface area contributed by atoms with Crippen molar-refractivity contribution >= 4 is 28.3 Å². The Hall–Kier alpha value is -2.58. The van der Waals surface area contributed by atoms with Crippen LogP contribution in [0.5, 0.6) is 5.75 Å². The van der Waals surface area contributed by atoms with E-state index >= 15 is 0 Å². The van der Waals surface area contributed by atoms with Crippen LogP contribution in [0.2, 0.25) is 5.02 Å². The molecule has 0 aliphatic carbocycles. The van der Waals surface area contributed by atoms with Crippen molar-refractivity contribution in [3.8, 4) is 17.0 Å². The SMILES string of the molecule is Nc1ncnc2c(-c3ccc(F)c(Cl)c3F)ncc(OC3CNC3)c12. The summed E-state index contributed by atoms with van der Waals surface area (Å²) in [4.78, 5) is 12.4. The molecule has 1 saturated heterocycles. The van der Waals surface area contributed by atoms with Gasteiger partial charge in [0, 0.05) is 18.7 Å². The average Bonchev–Trinajstić information content (AvgIpc) is 2.57. The summed E-state index contributed by atoms with van der Waals surface area (Å²) in [5.74, 6) is -1.16. The molecular weight excluding hydrogens is 352 g/mol. The Morgan fingerprint density at radius 1 is 1.20 bits per heavy atom. The first-order chi connectivity index (χ1) is 12.1. The second kappa shape index (κ2) is 6.05. The number of aromatic nitrogens is 3. The van der Waals surface area contributed by atoms with Gasteiger partial charge >= 0.3 is 0 Å². The Morgan fingerprint density at radius 2 is 2.00 bits per heavy atom. The predicted molar refractivity (Wildman–Crippen MR) is 89.4 cm³/mol. The number of nitrogens with two attached hydrogens (primary N) is 1. The summed E-state index contributed by atoms with van der Waals surface area (Å²) < 4.78 is 33.7. The molecule has 1 aromatic carbocycles. The van der Waals surface area contributed by atoms with Crippen LogP contribution in [0.1, 0.15) is 0 Å². The molecule has 6 nitrogen and oxygen atoms in total. The van der Waals surface area contributed by atoms with Crippen molar-refractivity contribution in [2.45, 2.75) is 6.10 Å². The minimum atomic E-state index is -0.912. The van der Waals surface area contributed by atoms with Gasteiger partial charge in [0.1, 0.15) is 34.6 Å². The first-order valence-electron chi connectivity index (χ1n) is 7.46. The lowest BCUT2D eigenvalue weighted by molar-refractivity contribution is 0.144. The highest BCUT2D eigenvalue weighted by Crippen LogP contribution is 2.37. The second-order valence-electron chi connectivity index (χ2n) is 5.57. The smallest absolute Gasteiger partial charge is 0.154 e. The van der Waals surface area contributed by atoms with Gasteiger partial charge in [0.15, 0.2) is 11.6 Å². The fourth-order valence-corrected chi connectivity index (χ4v) is 2.76. The number of nitrogens with one attached hydrogen (secondary N) is 1. The maximum Gasteiger partial charge on any atom is 0.154 e. The number of benzene rings is 1. The van der Waals surface area contributed by atoms with Crippen molar-refractivity contribution in [1.82, 2.24) is 20.3 Å². The molecule has 0 atom stereocenters. The molecule has 2 aromatic heterocycles. The van der Waals surface area contributed by atoms with Crippen molar-refractivity contribution in [3.63, 3.8) is 0 Å². The molecule has 128 valence electrons. The first-order valence-corrected chi connectivity index (χ1v) is 7.84. The van der Waals surface area contributed by atoms with Gasteiger partial charge < -0.3 is 15.8 Å². The second-order valence-corrected chi connectivity index (χ2v) is 5.95. The van der Waals surface area contributed by atoms with Crippen LogP contribution in [0.25, 0.3) is 22.2 Å². The van der Waals surface area contributed by atoms with E-state index in [-0.39, 0.29) is 23.2 Å². The predicted octanol–water partition coefficient (Wildman–Crippen LogP) is 2.56. The van der Waals surface area contributed by atoms with Crippen molar-refractivity contribution in [2.24, 2.45) is 0 Å². The van der Waals surface area contributed by atoms with Crippen molar-refractivity contribution in [1.29, 1.82) is 0 Å². The lowest BCUT2D eigenvalue weighted by Gasteiger charge is -2.28. The number of anilines is 1. The first kappa shape index (κ1) is 15.9. The van der Waals surface area contributed by atoms with E-state index in [0.29, 0.717) is 29.7 Å². The summed E-state index contributed by atoms with van der Waals surface area (Å²) in [5, 5.41) is 2.92. The summed E-state index contributed by atoms with van der Waals surface area (Å²) >= 11 is 5.67. The van der Waals surface area contributed by atoms with E-state index in [9.17, 15) is 8.78 Å². The van der Waals surface area contributed by atoms with Gasteiger partial charge in [-0.1, -0.05) is 11.6 Å². The molecule has 1 fully saturated rings. The van der Waals surface area contributed by atoms with Crippen molar-refractivity contribution in [2.75, 3.05) is 18.8 Å². The highest BCUT2D eigenvalue weighted by Gasteiger charge is 2.23. The zero-order valence-electron chi connectivity index (χ0n) is 12.8. The number of nitrogens with zero attached hydrogens (tertiary/aromatic N) is 3. The lowest BCUT2D eigenvalue weighted by Crippen LogP contribution is -2.50. The Morgan fingerprint density at radius 3 is 2.72 bits per heavy atom. The van der Waals surface area contributed by atoms with E-state index in [4.69, 9.17) is 22.1 Å². The Labute approximate surface area is 146 Å². The number of rotatable bonds is 3. The van der Waals surface area contributed by atoms with Crippen molar-refractivity contribution in [3.05, 3.63) is 41.3 Å². The lowest BCUT2D eigenvalue weighted by atomic mass is 10.1. The summed E-state index contributed by atoms with van der Waals surface area (Å²) in [6.45, 7) is 1.41. The maximum absolute atomic E-state index is 14.4. The summed E-state index contributed by atoms with van der Waals surface area (Å²) in [6, 6.07) is 2.33. The molecule has 0 amide bonds. The van der Waals surface area contributed by atoms with Crippen LogP contribution >= 0.6 is 11.6 Å². The molecule has 1 aliphatic rings. The van der Waals surface area contributed by atoms with Crippen LogP contribution in [-0.4, -0.2) is 34.1 Å². The van der Waals surface area contributed by atoms with Crippen molar-refractivity contribution < 1.29 is 13.5 Å². The standard InChI is InChI=1S/C16H12ClF2N5O/c17-12-9(18)2-1-8(13(12)19)14-15-11(16(20)24-6-23-15)10(5-22-14)25-7-3-21-4-7/h1-2,5-7,21H,3-4H2,(H2,20,23,24). The van der Waals surface area contributed by atoms with Gasteiger partial charge in [0.05, 0.1) is 17.3 Å². The number of pyridine rings is 1. The maximum atomic E-state index is 14.4. The Kier molecular flexibility index (Phi) is 3.85. The third-order valence-electron chi connectivity index (χ3n) is 3.99. The molecule has 9 heteroatoms. The van der Waals surface area contributed by atoms with Gasteiger partial charge in [-0.3, -0.25) is 0 Å². The number of hydrogen-bond acceptors (Lipinski definition) is 6. The minimum absolute atomic E-state index is 0.00698. The summed E-state index contributed by atoms with van der Waals surface area (Å²) in [7, 11) is 0. The Bertz CT molecular complexity index is 980. The number of hydrogen-bond donors (Lipinski definition) is 2. The van der Waals surface area contributed by atoms with E-state index in [0.717, 1.165) is 6.07 Å². The molecule has 3 aromatic rings. The van der Waals surface area contributed by atoms with Crippen LogP contribution < -0.4 is 15.8 Å². The zero-order valence-corrected chi connectivity index (χ0v) is 13.5. The summed E-state index contributed by atoms with van der Waals surface area (Å²) in [6.07, 6.45) is 2.68. The van der Waals surface area contributed by atoms with E-state index in [1.807, 2.05) is 0 Å². The highest BCUT2D eigenvalue weighted by atomic mass is 35.5. The van der Waals surface area contributed by atoms with E-state index in [1.165, 1.54) is 18.6 Å². The fraction of sp³-hybridized carbons (Fsp3) is 0.188. The van der Waals surface area contributed by atoms with Crippen LogP contribution in [-0.2, 0) is 0 Å². The highest BCUT2D eigenvalue weighted by molar-refractivity contribution is 6.31. The normalized spacial score (nSPS) is 14.5. The topological polar surface area (TPSA) is 86.0 Å². The quantitative estimate of drug-likeness (QED) is 0.695. The molecule has 0 bridgehead atoms. The van der Waals surface area contributed by atoms with Crippen LogP contribution in [0.15, 0.2) is 24.7 Å². The van der Waals surface area contributed by atoms with E-state index in [1.54, 1.807) is 0 Å². The molecule has 0 radical (unpaired) electrons. The molecule has 3 heterocycles.